The Morgan fingerprint density at radius 2 is 1.74 bits per heavy atom. The lowest BCUT2D eigenvalue weighted by atomic mass is 9.90. The van der Waals surface area contributed by atoms with Crippen LogP contribution in [0.3, 0.4) is 0 Å². The summed E-state index contributed by atoms with van der Waals surface area (Å²) in [4.78, 5) is 26.1. The summed E-state index contributed by atoms with van der Waals surface area (Å²) in [6.45, 7) is 5.32. The van der Waals surface area contributed by atoms with Gasteiger partial charge in [0.2, 0.25) is 0 Å². The predicted octanol–water partition coefficient (Wildman–Crippen LogP) is 6.02. The van der Waals surface area contributed by atoms with Gasteiger partial charge >= 0.3 is 11.6 Å². The lowest BCUT2D eigenvalue weighted by Crippen LogP contribution is -2.41. The van der Waals surface area contributed by atoms with Gasteiger partial charge in [0.05, 0.1) is 28.2 Å². The number of hydrogen-bond donors (Lipinski definition) is 2. The van der Waals surface area contributed by atoms with Gasteiger partial charge in [0.15, 0.2) is 0 Å². The van der Waals surface area contributed by atoms with Gasteiger partial charge in [-0.3, -0.25) is 4.57 Å². The minimum absolute atomic E-state index is 0.00103. The molecule has 0 radical (unpaired) electrons. The fourth-order valence-electron chi connectivity index (χ4n) is 4.83. The highest BCUT2D eigenvalue weighted by molar-refractivity contribution is 6.00. The molecule has 0 bridgehead atoms. The van der Waals surface area contributed by atoms with Crippen LogP contribution >= 0.6 is 0 Å². The Morgan fingerprint density at radius 1 is 1.05 bits per heavy atom. The number of halogens is 3. The van der Waals surface area contributed by atoms with Crippen molar-refractivity contribution in [2.45, 2.75) is 45.3 Å². The molecule has 0 aliphatic carbocycles. The van der Waals surface area contributed by atoms with Crippen molar-refractivity contribution in [3.63, 3.8) is 0 Å². The van der Waals surface area contributed by atoms with Crippen LogP contribution in [-0.4, -0.2) is 30.2 Å². The van der Waals surface area contributed by atoms with Crippen molar-refractivity contribution in [1.82, 2.24) is 19.5 Å². The van der Waals surface area contributed by atoms with E-state index in [-0.39, 0.29) is 11.3 Å². The molecule has 0 unspecified atom stereocenters. The van der Waals surface area contributed by atoms with Crippen molar-refractivity contribution in [2.24, 2.45) is 7.05 Å². The summed E-state index contributed by atoms with van der Waals surface area (Å²) in [5.74, 6) is -4.09. The maximum atomic E-state index is 15.9. The Morgan fingerprint density at radius 3 is 2.41 bits per heavy atom. The number of fused-ring (bicyclic) bond motifs is 2. The van der Waals surface area contributed by atoms with Crippen molar-refractivity contribution in [3.8, 4) is 0 Å². The average molecular weight is 536 g/mol. The molecule has 2 heterocycles. The van der Waals surface area contributed by atoms with Crippen LogP contribution in [0.4, 0.5) is 24.7 Å². The Balaban J connectivity index is 1.77. The highest BCUT2D eigenvalue weighted by Gasteiger charge is 2.49. The molecule has 5 aromatic rings. The predicted molar refractivity (Wildman–Crippen MR) is 145 cm³/mol. The third-order valence-electron chi connectivity index (χ3n) is 7.05. The molecule has 202 valence electrons. The second kappa shape index (κ2) is 9.23. The van der Waals surface area contributed by atoms with Gasteiger partial charge in [0.25, 0.3) is 0 Å². The van der Waals surface area contributed by atoms with Gasteiger partial charge < -0.3 is 15.0 Å². The first-order valence-corrected chi connectivity index (χ1v) is 12.4. The zero-order valence-electron chi connectivity index (χ0n) is 22.1. The largest absolute Gasteiger partial charge is 0.384 e. The SMILES string of the molecule is Cc1nc(N(c2ccccc2)[C@H](C)c2cccc(C(F)(F)C(C)(C)O)c2F)c2cc3[nH]c(=O)n(C)c3cc2n1. The number of aromatic amines is 1. The van der Waals surface area contributed by atoms with Gasteiger partial charge in [-0.05, 0) is 58.0 Å². The van der Waals surface area contributed by atoms with E-state index in [1.165, 1.54) is 16.7 Å². The molecule has 0 saturated heterocycles. The monoisotopic (exact) mass is 535 g/mol. The number of aromatic nitrogens is 4. The van der Waals surface area contributed by atoms with E-state index in [0.717, 1.165) is 19.9 Å². The zero-order chi connectivity index (χ0) is 28.3. The lowest BCUT2D eigenvalue weighted by molar-refractivity contribution is -0.170. The molecule has 0 amide bonds. The highest BCUT2D eigenvalue weighted by atomic mass is 19.3. The van der Waals surface area contributed by atoms with E-state index in [0.29, 0.717) is 39.3 Å². The summed E-state index contributed by atoms with van der Waals surface area (Å²) in [5, 5.41) is 10.7. The molecule has 39 heavy (non-hydrogen) atoms. The van der Waals surface area contributed by atoms with E-state index < -0.39 is 28.9 Å². The second-order valence-electron chi connectivity index (χ2n) is 10.2. The molecule has 0 saturated carbocycles. The number of nitrogens with zero attached hydrogens (tertiary/aromatic N) is 4. The van der Waals surface area contributed by atoms with Gasteiger partial charge in [-0.25, -0.2) is 19.2 Å². The maximum absolute atomic E-state index is 15.9. The number of alkyl halides is 2. The minimum Gasteiger partial charge on any atom is -0.384 e. The second-order valence-corrected chi connectivity index (χ2v) is 10.2. The fraction of sp³-hybridized carbons (Fsp3) is 0.276. The number of rotatable bonds is 6. The molecule has 7 nitrogen and oxygen atoms in total. The number of para-hydroxylation sites is 1. The van der Waals surface area contributed by atoms with E-state index >= 15 is 13.2 Å². The van der Waals surface area contributed by atoms with Crippen molar-refractivity contribution in [1.29, 1.82) is 0 Å². The Bertz CT molecular complexity index is 1760. The average Bonchev–Trinajstić information content (AvgIpc) is 3.15. The number of imidazole rings is 1. The summed E-state index contributed by atoms with van der Waals surface area (Å²) in [5.41, 5.74) is -1.22. The van der Waals surface area contributed by atoms with Gasteiger partial charge in [0, 0.05) is 23.7 Å². The van der Waals surface area contributed by atoms with Crippen LogP contribution in [0.25, 0.3) is 21.9 Å². The number of hydrogen-bond acceptors (Lipinski definition) is 5. The van der Waals surface area contributed by atoms with Crippen LogP contribution < -0.4 is 10.6 Å². The first kappa shape index (κ1) is 26.4. The summed E-state index contributed by atoms with van der Waals surface area (Å²) in [6, 6.07) is 15.6. The summed E-state index contributed by atoms with van der Waals surface area (Å²) in [6.07, 6.45) is 0. The van der Waals surface area contributed by atoms with Gasteiger partial charge in [-0.1, -0.05) is 30.3 Å². The molecule has 3 aromatic carbocycles. The van der Waals surface area contributed by atoms with Crippen LogP contribution in [0.2, 0.25) is 0 Å². The van der Waals surface area contributed by atoms with E-state index in [1.807, 2.05) is 30.3 Å². The van der Waals surface area contributed by atoms with E-state index in [4.69, 9.17) is 4.98 Å². The van der Waals surface area contributed by atoms with Crippen LogP contribution in [0.1, 0.15) is 43.8 Å². The summed E-state index contributed by atoms with van der Waals surface area (Å²) >= 11 is 0. The number of anilines is 2. The molecule has 2 N–H and O–H groups in total. The number of benzene rings is 3. The molecule has 0 aliphatic heterocycles. The van der Waals surface area contributed by atoms with Gasteiger partial charge in [-0.15, -0.1) is 0 Å². The summed E-state index contributed by atoms with van der Waals surface area (Å²) < 4.78 is 47.6. The topological polar surface area (TPSA) is 87.0 Å². The van der Waals surface area contributed by atoms with Crippen molar-refractivity contribution in [3.05, 3.63) is 93.9 Å². The molecule has 1 atom stereocenters. The molecule has 0 aliphatic rings. The van der Waals surface area contributed by atoms with Crippen molar-refractivity contribution < 1.29 is 18.3 Å². The Hall–Kier alpha value is -4.18. The molecular formula is C29H28F3N5O2. The number of aryl methyl sites for hydroxylation is 2. The summed E-state index contributed by atoms with van der Waals surface area (Å²) in [7, 11) is 1.65. The number of H-pyrrole nitrogens is 1. The highest BCUT2D eigenvalue weighted by Crippen LogP contribution is 2.44. The van der Waals surface area contributed by atoms with E-state index in [1.54, 1.807) is 37.9 Å². The van der Waals surface area contributed by atoms with Crippen LogP contribution in [-0.2, 0) is 13.0 Å². The van der Waals surface area contributed by atoms with Crippen molar-refractivity contribution in [2.75, 3.05) is 4.90 Å². The maximum Gasteiger partial charge on any atom is 0.326 e. The molecule has 5 rings (SSSR count). The van der Waals surface area contributed by atoms with E-state index in [2.05, 4.69) is 9.97 Å². The molecule has 0 fully saturated rings. The number of aliphatic hydroxyl groups is 1. The molecule has 0 spiro atoms. The van der Waals surface area contributed by atoms with E-state index in [9.17, 15) is 9.90 Å². The normalized spacial score (nSPS) is 13.3. The van der Waals surface area contributed by atoms with Crippen LogP contribution in [0.5, 0.6) is 0 Å². The minimum atomic E-state index is -3.84. The number of nitrogens with one attached hydrogen (secondary N) is 1. The third-order valence-corrected chi connectivity index (χ3v) is 7.05. The smallest absolute Gasteiger partial charge is 0.326 e. The van der Waals surface area contributed by atoms with Crippen LogP contribution in [0, 0.1) is 12.7 Å². The van der Waals surface area contributed by atoms with Crippen molar-refractivity contribution >= 4 is 33.4 Å². The first-order valence-electron chi connectivity index (χ1n) is 12.4. The first-order chi connectivity index (χ1) is 18.3. The molecule has 10 heteroatoms. The van der Waals surface area contributed by atoms with Crippen LogP contribution in [0.15, 0.2) is 65.5 Å². The Kier molecular flexibility index (Phi) is 6.26. The standard InChI is InChI=1S/C29H28F3N5O2/c1-16(19-12-9-13-21(25(19)30)29(31,32)28(3,4)39)37(18-10-7-6-8-11-18)26-20-14-23-24(36(5)27(38)35-23)15-22(20)33-17(2)34-26/h6-16,39H,1-5H3,(H,35,38)/t16-/m1/s1. The zero-order valence-corrected chi connectivity index (χ0v) is 22.1. The quantitative estimate of drug-likeness (QED) is 0.278. The Labute approximate surface area is 222 Å². The molecule has 2 aromatic heterocycles. The fourth-order valence-corrected chi connectivity index (χ4v) is 4.83. The lowest BCUT2D eigenvalue weighted by Gasteiger charge is -2.34. The van der Waals surface area contributed by atoms with Gasteiger partial charge in [-0.2, -0.15) is 8.78 Å². The third kappa shape index (κ3) is 4.34. The molecular weight excluding hydrogens is 507 g/mol. The van der Waals surface area contributed by atoms with Gasteiger partial charge in [0.1, 0.15) is 23.1 Å².